The summed E-state index contributed by atoms with van der Waals surface area (Å²) >= 11 is 0. The third-order valence-corrected chi connectivity index (χ3v) is 7.17. The molecule has 1 N–H and O–H groups in total. The number of hydrogen-bond donors (Lipinski definition) is 1. The molecular weight excluding hydrogens is 372 g/mol. The molecule has 0 unspecified atom stereocenters. The molecule has 0 spiro atoms. The second kappa shape index (κ2) is 10.6. The minimum atomic E-state index is -1.30. The van der Waals surface area contributed by atoms with Gasteiger partial charge in [0.25, 0.3) is 0 Å². The SMILES string of the molecule is CCCCCCCCOCC[C@]1([C@]2([C@]3(C(=O)O)CCCO3)CCCO2)CCCO1. The fourth-order valence-electron chi connectivity index (χ4n) is 5.72. The van der Waals surface area contributed by atoms with Crippen LogP contribution in [0.3, 0.4) is 0 Å². The molecule has 6 heteroatoms. The minimum Gasteiger partial charge on any atom is -0.479 e. The van der Waals surface area contributed by atoms with Crippen molar-refractivity contribution < 1.29 is 28.8 Å². The Bertz CT molecular complexity index is 501. The second-order valence-electron chi connectivity index (χ2n) is 8.94. The van der Waals surface area contributed by atoms with Gasteiger partial charge in [0.05, 0.1) is 0 Å². The molecule has 0 amide bonds. The normalized spacial score (nSPS) is 34.8. The number of carboxylic acids is 1. The Morgan fingerprint density at radius 3 is 2.17 bits per heavy atom. The fraction of sp³-hybridized carbons (Fsp3) is 0.957. The van der Waals surface area contributed by atoms with Crippen molar-refractivity contribution in [1.29, 1.82) is 0 Å². The number of carbonyl (C=O) groups is 1. The fourth-order valence-corrected chi connectivity index (χ4v) is 5.72. The maximum atomic E-state index is 12.4. The van der Waals surface area contributed by atoms with Crippen molar-refractivity contribution in [1.82, 2.24) is 0 Å². The van der Waals surface area contributed by atoms with Gasteiger partial charge in [-0.25, -0.2) is 4.79 Å². The van der Waals surface area contributed by atoms with Crippen LogP contribution in [0.1, 0.15) is 90.4 Å². The molecule has 3 aliphatic heterocycles. The quantitative estimate of drug-likeness (QED) is 0.450. The third kappa shape index (κ3) is 4.51. The zero-order valence-electron chi connectivity index (χ0n) is 18.2. The van der Waals surface area contributed by atoms with Crippen molar-refractivity contribution in [3.8, 4) is 0 Å². The Balaban J connectivity index is 1.62. The van der Waals surface area contributed by atoms with Gasteiger partial charge in [0.2, 0.25) is 0 Å². The number of ether oxygens (including phenoxy) is 4. The lowest BCUT2D eigenvalue weighted by Gasteiger charge is -2.52. The van der Waals surface area contributed by atoms with Crippen LogP contribution >= 0.6 is 0 Å². The van der Waals surface area contributed by atoms with E-state index in [4.69, 9.17) is 18.9 Å². The van der Waals surface area contributed by atoms with E-state index in [9.17, 15) is 9.90 Å². The lowest BCUT2D eigenvalue weighted by molar-refractivity contribution is -0.260. The van der Waals surface area contributed by atoms with Crippen molar-refractivity contribution in [2.24, 2.45) is 0 Å². The largest absolute Gasteiger partial charge is 0.479 e. The van der Waals surface area contributed by atoms with Crippen molar-refractivity contribution in [2.45, 2.75) is 107 Å². The van der Waals surface area contributed by atoms with E-state index in [1.54, 1.807) is 0 Å². The Kier molecular flexibility index (Phi) is 8.37. The van der Waals surface area contributed by atoms with Crippen LogP contribution < -0.4 is 0 Å². The van der Waals surface area contributed by atoms with Crippen LogP contribution in [-0.2, 0) is 23.7 Å². The summed E-state index contributed by atoms with van der Waals surface area (Å²) in [5, 5.41) is 10.2. The van der Waals surface area contributed by atoms with Crippen LogP contribution in [0, 0.1) is 0 Å². The van der Waals surface area contributed by atoms with E-state index in [2.05, 4.69) is 6.92 Å². The van der Waals surface area contributed by atoms with Gasteiger partial charge in [-0.3, -0.25) is 0 Å². The predicted molar refractivity (Wildman–Crippen MR) is 110 cm³/mol. The first-order valence-corrected chi connectivity index (χ1v) is 11.9. The highest BCUT2D eigenvalue weighted by Gasteiger charge is 2.71. The molecule has 29 heavy (non-hydrogen) atoms. The van der Waals surface area contributed by atoms with E-state index in [-0.39, 0.29) is 0 Å². The van der Waals surface area contributed by atoms with E-state index < -0.39 is 22.8 Å². The van der Waals surface area contributed by atoms with Crippen molar-refractivity contribution >= 4 is 5.97 Å². The summed E-state index contributed by atoms with van der Waals surface area (Å²) in [7, 11) is 0. The number of rotatable bonds is 13. The number of aliphatic carboxylic acids is 1. The molecule has 0 aromatic heterocycles. The topological polar surface area (TPSA) is 74.2 Å². The smallest absolute Gasteiger partial charge is 0.339 e. The number of carboxylic acid groups (broad SMARTS) is 1. The minimum absolute atomic E-state index is 0.474. The molecule has 0 aromatic rings. The second-order valence-corrected chi connectivity index (χ2v) is 8.94. The Labute approximate surface area is 175 Å². The molecule has 0 aromatic carbocycles. The maximum Gasteiger partial charge on any atom is 0.339 e. The van der Waals surface area contributed by atoms with Gasteiger partial charge in [0.1, 0.15) is 11.2 Å². The highest BCUT2D eigenvalue weighted by Crippen LogP contribution is 2.56. The molecule has 3 fully saturated rings. The zero-order chi connectivity index (χ0) is 20.6. The van der Waals surface area contributed by atoms with Crippen LogP contribution in [0.15, 0.2) is 0 Å². The molecule has 3 rings (SSSR count). The molecule has 3 saturated heterocycles. The average molecular weight is 413 g/mol. The summed E-state index contributed by atoms with van der Waals surface area (Å²) in [6.07, 6.45) is 12.6. The summed E-state index contributed by atoms with van der Waals surface area (Å²) in [6, 6.07) is 0. The van der Waals surface area contributed by atoms with E-state index >= 15 is 0 Å². The molecule has 3 atom stereocenters. The van der Waals surface area contributed by atoms with Gasteiger partial charge in [0, 0.05) is 39.5 Å². The molecule has 3 aliphatic rings. The van der Waals surface area contributed by atoms with Gasteiger partial charge in [-0.1, -0.05) is 39.0 Å². The first kappa shape index (κ1) is 23.0. The van der Waals surface area contributed by atoms with E-state index in [0.717, 1.165) is 38.7 Å². The van der Waals surface area contributed by atoms with Crippen LogP contribution in [0.4, 0.5) is 0 Å². The number of hydrogen-bond acceptors (Lipinski definition) is 5. The lowest BCUT2D eigenvalue weighted by atomic mass is 9.65. The Morgan fingerprint density at radius 2 is 1.55 bits per heavy atom. The van der Waals surface area contributed by atoms with Crippen molar-refractivity contribution in [3.63, 3.8) is 0 Å². The highest BCUT2D eigenvalue weighted by molar-refractivity contribution is 5.80. The van der Waals surface area contributed by atoms with Crippen LogP contribution in [0.25, 0.3) is 0 Å². The Hall–Kier alpha value is -0.690. The van der Waals surface area contributed by atoms with Gasteiger partial charge in [0.15, 0.2) is 5.60 Å². The van der Waals surface area contributed by atoms with Gasteiger partial charge in [-0.05, 0) is 44.9 Å². The molecular formula is C23H40O6. The van der Waals surface area contributed by atoms with Gasteiger partial charge in [-0.2, -0.15) is 0 Å². The van der Waals surface area contributed by atoms with E-state index in [0.29, 0.717) is 45.7 Å². The summed E-state index contributed by atoms with van der Waals surface area (Å²) in [6.45, 7) is 5.27. The maximum absolute atomic E-state index is 12.4. The summed E-state index contributed by atoms with van der Waals surface area (Å²) in [5.74, 6) is -0.903. The molecule has 0 bridgehead atoms. The zero-order valence-corrected chi connectivity index (χ0v) is 18.2. The average Bonchev–Trinajstić information content (AvgIpc) is 3.47. The first-order chi connectivity index (χ1) is 14.1. The van der Waals surface area contributed by atoms with E-state index in [1.807, 2.05) is 0 Å². The highest BCUT2D eigenvalue weighted by atomic mass is 16.6. The number of unbranched alkanes of at least 4 members (excludes halogenated alkanes) is 5. The molecule has 0 aliphatic carbocycles. The van der Waals surface area contributed by atoms with Gasteiger partial charge >= 0.3 is 5.97 Å². The Morgan fingerprint density at radius 1 is 0.862 bits per heavy atom. The lowest BCUT2D eigenvalue weighted by Crippen LogP contribution is -2.70. The monoisotopic (exact) mass is 412 g/mol. The molecule has 3 heterocycles. The van der Waals surface area contributed by atoms with Crippen LogP contribution in [0.2, 0.25) is 0 Å². The third-order valence-electron chi connectivity index (χ3n) is 7.17. The molecule has 6 nitrogen and oxygen atoms in total. The van der Waals surface area contributed by atoms with Crippen molar-refractivity contribution in [2.75, 3.05) is 33.0 Å². The summed E-state index contributed by atoms with van der Waals surface area (Å²) in [5.41, 5.74) is -2.84. The molecule has 0 saturated carbocycles. The van der Waals surface area contributed by atoms with E-state index in [1.165, 1.54) is 32.1 Å². The van der Waals surface area contributed by atoms with Gasteiger partial charge < -0.3 is 24.1 Å². The van der Waals surface area contributed by atoms with Crippen LogP contribution in [0.5, 0.6) is 0 Å². The predicted octanol–water partition coefficient (Wildman–Crippen LogP) is 4.49. The summed E-state index contributed by atoms with van der Waals surface area (Å²) < 4.78 is 24.6. The first-order valence-electron chi connectivity index (χ1n) is 11.9. The molecule has 168 valence electrons. The molecule has 0 radical (unpaired) electrons. The van der Waals surface area contributed by atoms with Crippen molar-refractivity contribution in [3.05, 3.63) is 0 Å². The van der Waals surface area contributed by atoms with Gasteiger partial charge in [-0.15, -0.1) is 0 Å². The standard InChI is InChI=1S/C23H40O6/c1-2-3-4-5-6-7-15-26-19-14-21(11-8-16-27-21)23(13-10-18-29-23)22(20(24)25)12-9-17-28-22/h2-19H2,1H3,(H,24,25)/t21-,22+,23-/m0/s1. The van der Waals surface area contributed by atoms with Crippen LogP contribution in [-0.4, -0.2) is 60.9 Å². The summed E-state index contributed by atoms with van der Waals surface area (Å²) in [4.78, 5) is 12.4.